The van der Waals surface area contributed by atoms with Crippen molar-refractivity contribution in [3.63, 3.8) is 0 Å². The van der Waals surface area contributed by atoms with Gasteiger partial charge >= 0.3 is 47.8 Å². The normalized spacial score (nSPS) is 14.2. The van der Waals surface area contributed by atoms with E-state index in [0.29, 0.717) is 6.42 Å². The Morgan fingerprint density at radius 2 is 0.336 bits per heavy atom. The minimum atomic E-state index is -0.959. The number of rotatable bonds is 87. The molecule has 0 aromatic rings. The van der Waals surface area contributed by atoms with Crippen LogP contribution in [0.1, 0.15) is 113 Å². The highest BCUT2D eigenvalue weighted by atomic mass is 16.6. The molecule has 0 rings (SSSR count). The van der Waals surface area contributed by atoms with E-state index in [2.05, 4.69) is 80.2 Å². The minimum Gasteiger partial charge on any atom is -0.466 e. The summed E-state index contributed by atoms with van der Waals surface area (Å²) < 4.78 is 123. The SMILES string of the molecule is CC(CN=[N+]=[N-])CC(=O)OCCCOCC(COCC(COCC(COCC(COCC(COCC(COCCOC(=O)CC(C)CN=[N+]=[N-])OCCOC(=O)CC(C)CN=[N+]=[N-])OCCOC(=O)CC(C)CN=[N+]=[N-])OCCOC(=O)CC(C)CN=[N+]=[N-])OCCOC(=O)CC(C)CN=[N+]=[N-])OCCOC(=O)CC(C)CN=[N+]=[N-])OCCOC(=O)CC(C)CN=[N+]=[N-]. The van der Waals surface area contributed by atoms with Crippen LogP contribution in [0.2, 0.25) is 0 Å². The summed E-state index contributed by atoms with van der Waals surface area (Å²) in [5.74, 6) is -7.02. The molecule has 0 fully saturated rings. The van der Waals surface area contributed by atoms with Gasteiger partial charge in [-0.1, -0.05) is 96.3 Å². The maximum Gasteiger partial charge on any atom is 0.306 e. The largest absolute Gasteiger partial charge is 0.466 e. The maximum atomic E-state index is 12.9. The first-order valence-electron chi connectivity index (χ1n) is 41.9. The molecule has 14 atom stereocenters. The van der Waals surface area contributed by atoms with Gasteiger partial charge in [0.1, 0.15) is 82.9 Å². The van der Waals surface area contributed by atoms with Crippen molar-refractivity contribution in [1.82, 2.24) is 0 Å². The van der Waals surface area contributed by atoms with Crippen molar-refractivity contribution in [2.45, 2.75) is 150 Å². The molecule has 0 aromatic carbocycles. The molecule has 0 spiro atoms. The van der Waals surface area contributed by atoms with E-state index in [1.165, 1.54) is 0 Å². The monoisotopic (exact) mass is 1830 g/mol. The zero-order chi connectivity index (χ0) is 94.7. The molecule has 0 N–H and O–H groups in total. The van der Waals surface area contributed by atoms with Gasteiger partial charge in [0.25, 0.3) is 0 Å². The molecule has 0 aromatic heterocycles. The molecular formula is C75H128N24O29. The summed E-state index contributed by atoms with van der Waals surface area (Å²) in [5.41, 5.74) is 69.9. The fraction of sp³-hybridized carbons (Fsp3) is 0.893. The number of hydrogen-bond donors (Lipinski definition) is 0. The van der Waals surface area contributed by atoms with Crippen molar-refractivity contribution >= 4 is 47.8 Å². The lowest BCUT2D eigenvalue weighted by molar-refractivity contribution is -0.152. The average molecular weight is 1830 g/mol. The number of nitrogens with zero attached hydrogens (tertiary/aromatic N) is 24. The Labute approximate surface area is 741 Å². The summed E-state index contributed by atoms with van der Waals surface area (Å²) in [6.45, 7) is 9.63. The smallest absolute Gasteiger partial charge is 0.306 e. The highest BCUT2D eigenvalue weighted by Gasteiger charge is 2.25. The van der Waals surface area contributed by atoms with Gasteiger partial charge in [-0.05, 0) is 91.6 Å². The Bertz CT molecular complexity index is 3490. The lowest BCUT2D eigenvalue weighted by Gasteiger charge is -2.24. The minimum absolute atomic E-state index is 0.0119. The quantitative estimate of drug-likeness (QED) is 0.0136. The number of esters is 8. The molecule has 128 heavy (non-hydrogen) atoms. The molecule has 0 aliphatic rings. The molecule has 722 valence electrons. The Hall–Kier alpha value is -10.3. The van der Waals surface area contributed by atoms with Gasteiger partial charge < -0.3 is 99.5 Å². The van der Waals surface area contributed by atoms with Crippen LogP contribution in [-0.2, 0) is 138 Å². The van der Waals surface area contributed by atoms with Gasteiger partial charge in [0.15, 0.2) is 0 Å². The zero-order valence-electron chi connectivity index (χ0n) is 74.5. The number of carbonyl (C=O) groups is 8. The summed E-state index contributed by atoms with van der Waals surface area (Å²) in [5, 5.41) is 28.0. The van der Waals surface area contributed by atoms with Crippen LogP contribution in [0.3, 0.4) is 0 Å². The van der Waals surface area contributed by atoms with E-state index in [1.807, 2.05) is 0 Å². The van der Waals surface area contributed by atoms with Crippen molar-refractivity contribution in [2.24, 2.45) is 88.3 Å². The van der Waals surface area contributed by atoms with Crippen LogP contribution in [-0.4, -0.2) is 322 Å². The first-order valence-corrected chi connectivity index (χ1v) is 41.9. The van der Waals surface area contributed by atoms with Gasteiger partial charge in [-0.3, -0.25) is 38.4 Å². The van der Waals surface area contributed by atoms with E-state index in [1.54, 1.807) is 55.4 Å². The third-order valence-electron chi connectivity index (χ3n) is 16.8. The topological polar surface area (TPSA) is 720 Å². The number of hydrogen-bond acceptors (Lipinski definition) is 37. The molecule has 0 aliphatic carbocycles. The molecule has 53 nitrogen and oxygen atoms in total. The first-order chi connectivity index (χ1) is 61.8. The molecule has 53 heteroatoms. The van der Waals surface area contributed by atoms with Gasteiger partial charge in [-0.15, -0.1) is 0 Å². The third-order valence-corrected chi connectivity index (χ3v) is 16.8. The Morgan fingerprint density at radius 3 is 0.500 bits per heavy atom. The highest BCUT2D eigenvalue weighted by Crippen LogP contribution is 2.15. The summed E-state index contributed by atoms with van der Waals surface area (Å²) in [6.07, 6.45) is -5.42. The van der Waals surface area contributed by atoms with Crippen LogP contribution in [0.5, 0.6) is 0 Å². The van der Waals surface area contributed by atoms with Crippen LogP contribution in [0.4, 0.5) is 0 Å². The summed E-state index contributed by atoms with van der Waals surface area (Å²) in [7, 11) is 0. The zero-order valence-corrected chi connectivity index (χ0v) is 74.5. The number of azide groups is 8. The molecule has 0 saturated carbocycles. The Kier molecular flexibility index (Phi) is 75.8. The summed E-state index contributed by atoms with van der Waals surface area (Å²) >= 11 is 0. The number of ether oxygens (including phenoxy) is 21. The molecular weight excluding hydrogens is 1700 g/mol. The lowest BCUT2D eigenvalue weighted by Crippen LogP contribution is -2.36. The van der Waals surface area contributed by atoms with Gasteiger partial charge in [0.05, 0.1) is 132 Å². The van der Waals surface area contributed by atoms with Crippen molar-refractivity contribution in [1.29, 1.82) is 0 Å². The molecule has 0 saturated heterocycles. The van der Waals surface area contributed by atoms with Crippen molar-refractivity contribution in [3.05, 3.63) is 83.5 Å². The molecule has 0 heterocycles. The van der Waals surface area contributed by atoms with Gasteiger partial charge in [-0.25, -0.2) is 0 Å². The maximum absolute atomic E-state index is 12.9. The van der Waals surface area contributed by atoms with Crippen LogP contribution in [0, 0.1) is 47.3 Å². The first kappa shape index (κ1) is 118. The summed E-state index contributed by atoms with van der Waals surface area (Å²) in [4.78, 5) is 123. The Balaban J connectivity index is 7.33. The lowest BCUT2D eigenvalue weighted by atomic mass is 10.1. The van der Waals surface area contributed by atoms with Crippen molar-refractivity contribution in [2.75, 3.05) is 237 Å². The third kappa shape index (κ3) is 74.8. The molecule has 14 unspecified atom stereocenters. The highest BCUT2D eigenvalue weighted by molar-refractivity contribution is 5.72. The predicted octanol–water partition coefficient (Wildman–Crippen LogP) is 10.8. The van der Waals surface area contributed by atoms with Crippen molar-refractivity contribution < 1.29 is 138 Å². The second-order valence-corrected chi connectivity index (χ2v) is 29.7. The van der Waals surface area contributed by atoms with E-state index in [9.17, 15) is 38.4 Å². The fourth-order valence-electron chi connectivity index (χ4n) is 10.4. The van der Waals surface area contributed by atoms with Crippen LogP contribution < -0.4 is 0 Å². The Morgan fingerprint density at radius 1 is 0.195 bits per heavy atom. The van der Waals surface area contributed by atoms with Crippen molar-refractivity contribution in [3.8, 4) is 0 Å². The van der Waals surface area contributed by atoms with E-state index >= 15 is 0 Å². The van der Waals surface area contributed by atoms with E-state index in [0.717, 1.165) is 0 Å². The van der Waals surface area contributed by atoms with Gasteiger partial charge in [0, 0.05) is 156 Å². The molecule has 0 bridgehead atoms. The van der Waals surface area contributed by atoms with Crippen LogP contribution in [0.25, 0.3) is 83.5 Å². The number of carbonyl (C=O) groups excluding carboxylic acids is 8. The molecule has 0 aliphatic heterocycles. The fourth-order valence-corrected chi connectivity index (χ4v) is 10.4. The van der Waals surface area contributed by atoms with E-state index < -0.39 is 84.4 Å². The van der Waals surface area contributed by atoms with E-state index in [4.69, 9.17) is 144 Å². The molecule has 0 amide bonds. The van der Waals surface area contributed by atoms with E-state index in [-0.39, 0.29) is 336 Å². The van der Waals surface area contributed by atoms with Crippen LogP contribution >= 0.6 is 0 Å². The second kappa shape index (κ2) is 82.4. The standard InChI is InChI=1S/C75H128N24O29/c1-54(34-84-92-76)26-68(100)121-11-9-10-108-42-62(115-14-20-123-70(102)28-56(3)36-86-94-78)44-110-46-64(117-16-22-125-72(104)30-58(5)38-88-96-80)48-112-50-66(119-18-24-127-74(106)32-60(7)40-90-98-82)52-114-53-67(120-19-25-128-75(107)33-61(8)41-91-99-83)51-113-49-65(118-17-23-126-73(105)31-59(6)39-89-97-81)47-111-45-63(116-15-21-124-71(103)29-57(4)37-87-95-79)43-109-12-13-122-69(101)27-55(2)35-85-93-77/h54-67H,9-53H2,1-8H3. The van der Waals surface area contributed by atoms with Gasteiger partial charge in [0.2, 0.25) is 0 Å². The average Bonchev–Trinajstić information content (AvgIpc) is 0.942. The van der Waals surface area contributed by atoms with Gasteiger partial charge in [-0.2, -0.15) is 0 Å². The van der Waals surface area contributed by atoms with Crippen LogP contribution in [0.15, 0.2) is 40.9 Å². The summed E-state index contributed by atoms with van der Waals surface area (Å²) in [6, 6.07) is 0. The molecule has 0 radical (unpaired) electrons. The second-order valence-electron chi connectivity index (χ2n) is 29.7. The predicted molar refractivity (Wildman–Crippen MR) is 449 cm³/mol.